The van der Waals surface area contributed by atoms with E-state index >= 15 is 0 Å². The van der Waals surface area contributed by atoms with Gasteiger partial charge in [0.05, 0.1) is 5.52 Å². The topological polar surface area (TPSA) is 53.1 Å². The van der Waals surface area contributed by atoms with Gasteiger partial charge in [0.15, 0.2) is 0 Å². The molecular weight excluding hydrogens is 442 g/mol. The van der Waals surface area contributed by atoms with E-state index in [1.165, 1.54) is 35.1 Å². The van der Waals surface area contributed by atoms with E-state index in [-0.39, 0.29) is 0 Å². The van der Waals surface area contributed by atoms with Gasteiger partial charge >= 0.3 is 0 Å². The molecule has 1 fully saturated rings. The Morgan fingerprint density at radius 3 is 2.06 bits per heavy atom. The Morgan fingerprint density at radius 2 is 1.36 bits per heavy atom. The Balaban J connectivity index is 1.04. The Bertz CT molecular complexity index is 1310. The number of para-hydroxylation sites is 1. The van der Waals surface area contributed by atoms with Crippen molar-refractivity contribution in [1.82, 2.24) is 15.3 Å². The minimum atomic E-state index is 0.424. The lowest BCUT2D eigenvalue weighted by atomic mass is 9.90. The van der Waals surface area contributed by atoms with E-state index in [1.807, 2.05) is 26.2 Å². The van der Waals surface area contributed by atoms with Crippen LogP contribution < -0.4 is 15.5 Å². The monoisotopic (exact) mass is 477 g/mol. The lowest BCUT2D eigenvalue weighted by molar-refractivity contribution is 0.351. The van der Waals surface area contributed by atoms with Crippen LogP contribution in [0, 0.1) is 0 Å². The van der Waals surface area contributed by atoms with Crippen LogP contribution in [-0.2, 0) is 0 Å². The highest BCUT2D eigenvalue weighted by atomic mass is 15.2. The minimum absolute atomic E-state index is 0.424. The summed E-state index contributed by atoms with van der Waals surface area (Å²) in [5.41, 5.74) is 6.79. The van der Waals surface area contributed by atoms with Gasteiger partial charge in [-0.2, -0.15) is 4.98 Å². The molecule has 0 radical (unpaired) electrons. The molecule has 184 valence electrons. The van der Waals surface area contributed by atoms with Gasteiger partial charge in [0, 0.05) is 37.5 Å². The molecule has 1 saturated carbocycles. The lowest BCUT2D eigenvalue weighted by Gasteiger charge is -2.30. The molecule has 1 heterocycles. The summed E-state index contributed by atoms with van der Waals surface area (Å²) in [4.78, 5) is 11.7. The van der Waals surface area contributed by atoms with Crippen molar-refractivity contribution >= 4 is 22.7 Å². The Kier molecular flexibility index (Phi) is 6.32. The number of rotatable bonds is 7. The summed E-state index contributed by atoms with van der Waals surface area (Å²) in [5, 5.41) is 8.60. The molecule has 2 aliphatic rings. The molecule has 2 aliphatic carbocycles. The van der Waals surface area contributed by atoms with Gasteiger partial charge in [0.2, 0.25) is 5.95 Å². The smallest absolute Gasteiger partial charge is 0.225 e. The molecule has 0 aliphatic heterocycles. The van der Waals surface area contributed by atoms with E-state index < -0.39 is 0 Å². The van der Waals surface area contributed by atoms with Gasteiger partial charge < -0.3 is 15.5 Å². The number of hydrogen-bond acceptors (Lipinski definition) is 5. The zero-order valence-corrected chi connectivity index (χ0v) is 21.2. The van der Waals surface area contributed by atoms with Crippen molar-refractivity contribution in [3.8, 4) is 11.1 Å². The van der Waals surface area contributed by atoms with Crippen molar-refractivity contribution in [3.05, 3.63) is 83.9 Å². The van der Waals surface area contributed by atoms with Gasteiger partial charge in [-0.25, -0.2) is 4.98 Å². The van der Waals surface area contributed by atoms with Crippen LogP contribution in [0.1, 0.15) is 49.1 Å². The first-order chi connectivity index (χ1) is 17.7. The van der Waals surface area contributed by atoms with E-state index in [0.29, 0.717) is 18.0 Å². The van der Waals surface area contributed by atoms with Crippen LogP contribution in [0.2, 0.25) is 0 Å². The van der Waals surface area contributed by atoms with Gasteiger partial charge in [-0.05, 0) is 73.0 Å². The maximum absolute atomic E-state index is 4.83. The van der Waals surface area contributed by atoms with Gasteiger partial charge in [-0.1, -0.05) is 60.7 Å². The van der Waals surface area contributed by atoms with Gasteiger partial charge in [-0.15, -0.1) is 0 Å². The number of nitrogens with zero attached hydrogens (tertiary/aromatic N) is 3. The predicted octanol–water partition coefficient (Wildman–Crippen LogP) is 6.21. The quantitative estimate of drug-likeness (QED) is 0.331. The van der Waals surface area contributed by atoms with Crippen LogP contribution in [-0.4, -0.2) is 42.7 Å². The van der Waals surface area contributed by atoms with E-state index in [9.17, 15) is 0 Å². The molecule has 36 heavy (non-hydrogen) atoms. The summed E-state index contributed by atoms with van der Waals surface area (Å²) >= 11 is 0. The second-order valence-corrected chi connectivity index (χ2v) is 10.4. The van der Waals surface area contributed by atoms with Crippen LogP contribution in [0.5, 0.6) is 0 Å². The largest absolute Gasteiger partial charge is 0.362 e. The fraction of sp³-hybridized carbons (Fsp3) is 0.355. The molecule has 0 amide bonds. The summed E-state index contributed by atoms with van der Waals surface area (Å²) in [7, 11) is 4.08. The molecule has 0 bridgehead atoms. The minimum Gasteiger partial charge on any atom is -0.362 e. The molecule has 4 aromatic rings. The van der Waals surface area contributed by atoms with Crippen molar-refractivity contribution in [1.29, 1.82) is 0 Å². The summed E-state index contributed by atoms with van der Waals surface area (Å²) in [6, 6.07) is 27.1. The average Bonchev–Trinajstić information content (AvgIpc) is 3.23. The number of aromatic nitrogens is 2. The molecule has 3 aromatic carbocycles. The third-order valence-electron chi connectivity index (χ3n) is 7.90. The van der Waals surface area contributed by atoms with Crippen molar-refractivity contribution in [3.63, 3.8) is 0 Å². The van der Waals surface area contributed by atoms with Gasteiger partial charge in [0.25, 0.3) is 0 Å². The standard InChI is InChI=1S/C31H35N5/c1-36(2)30-28-13-7-8-14-29(28)34-31(35-30)33-22-17-15-21(16-18-22)32-20-19-27-25-11-5-3-9-23(25)24-10-4-6-12-26(24)27/h3-14,21-22,27,32H,15-20H2,1-2H3,(H,33,34,35). The first-order valence-electron chi connectivity index (χ1n) is 13.3. The van der Waals surface area contributed by atoms with Crippen molar-refractivity contribution in [2.75, 3.05) is 30.9 Å². The second kappa shape index (κ2) is 9.90. The van der Waals surface area contributed by atoms with E-state index in [1.54, 1.807) is 0 Å². The molecule has 0 spiro atoms. The second-order valence-electron chi connectivity index (χ2n) is 10.4. The number of fused-ring (bicyclic) bond motifs is 4. The molecule has 5 heteroatoms. The summed E-state index contributed by atoms with van der Waals surface area (Å²) < 4.78 is 0. The molecule has 0 atom stereocenters. The SMILES string of the molecule is CN(C)c1nc(NC2CCC(NCCC3c4ccccc4-c4ccccc43)CC2)nc2ccccc12. The highest BCUT2D eigenvalue weighted by molar-refractivity contribution is 5.90. The summed E-state index contributed by atoms with van der Waals surface area (Å²) in [6.07, 6.45) is 5.79. The molecule has 6 rings (SSSR count). The Hall–Kier alpha value is -3.44. The zero-order chi connectivity index (χ0) is 24.5. The van der Waals surface area contributed by atoms with Crippen molar-refractivity contribution in [2.45, 2.75) is 50.1 Å². The molecule has 2 N–H and O–H groups in total. The predicted molar refractivity (Wildman–Crippen MR) is 150 cm³/mol. The van der Waals surface area contributed by atoms with Crippen LogP contribution in [0.4, 0.5) is 11.8 Å². The maximum Gasteiger partial charge on any atom is 0.225 e. The molecule has 1 aromatic heterocycles. The highest BCUT2D eigenvalue weighted by Crippen LogP contribution is 2.45. The van der Waals surface area contributed by atoms with Crippen LogP contribution in [0.25, 0.3) is 22.0 Å². The number of anilines is 2. The Labute approximate surface area is 214 Å². The highest BCUT2D eigenvalue weighted by Gasteiger charge is 2.28. The molecular formula is C31H35N5. The molecule has 5 nitrogen and oxygen atoms in total. The fourth-order valence-corrected chi connectivity index (χ4v) is 6.09. The maximum atomic E-state index is 4.83. The number of nitrogens with one attached hydrogen (secondary N) is 2. The number of benzene rings is 3. The number of hydrogen-bond donors (Lipinski definition) is 2. The van der Waals surface area contributed by atoms with Crippen molar-refractivity contribution < 1.29 is 0 Å². The summed E-state index contributed by atoms with van der Waals surface area (Å²) in [6.45, 7) is 1.05. The van der Waals surface area contributed by atoms with Crippen molar-refractivity contribution in [2.24, 2.45) is 0 Å². The van der Waals surface area contributed by atoms with Crippen LogP contribution in [0.3, 0.4) is 0 Å². The van der Waals surface area contributed by atoms with E-state index in [0.717, 1.165) is 48.5 Å². The Morgan fingerprint density at radius 1 is 0.750 bits per heavy atom. The van der Waals surface area contributed by atoms with Crippen LogP contribution in [0.15, 0.2) is 72.8 Å². The summed E-state index contributed by atoms with van der Waals surface area (Å²) in [5.74, 6) is 2.21. The zero-order valence-electron chi connectivity index (χ0n) is 21.2. The normalized spacial score (nSPS) is 19.2. The van der Waals surface area contributed by atoms with E-state index in [2.05, 4.69) is 76.2 Å². The first kappa shape index (κ1) is 23.0. The third-order valence-corrected chi connectivity index (χ3v) is 7.90. The lowest BCUT2D eigenvalue weighted by Crippen LogP contribution is -2.38. The van der Waals surface area contributed by atoms with Crippen LogP contribution >= 0.6 is 0 Å². The third kappa shape index (κ3) is 4.44. The fourth-order valence-electron chi connectivity index (χ4n) is 6.09. The average molecular weight is 478 g/mol. The van der Waals surface area contributed by atoms with Gasteiger partial charge in [-0.3, -0.25) is 0 Å². The first-order valence-corrected chi connectivity index (χ1v) is 13.3. The van der Waals surface area contributed by atoms with E-state index in [4.69, 9.17) is 9.97 Å². The van der Waals surface area contributed by atoms with Gasteiger partial charge in [0.1, 0.15) is 5.82 Å². The molecule has 0 saturated heterocycles. The molecule has 0 unspecified atom stereocenters.